The number of amides is 3. The largest absolute Gasteiger partial charge is 0.506 e. The number of phenols is 1. The van der Waals surface area contributed by atoms with E-state index in [1.54, 1.807) is 12.1 Å². The number of allylic oxidation sites excluding steroid dienone is 2. The number of hydroxylamine groups is 2. The van der Waals surface area contributed by atoms with Gasteiger partial charge in [-0.25, -0.2) is 9.59 Å². The number of nitrogens with one attached hydrogen (secondary N) is 1. The van der Waals surface area contributed by atoms with E-state index in [-0.39, 0.29) is 35.9 Å². The van der Waals surface area contributed by atoms with Crippen LogP contribution in [-0.4, -0.2) is 46.7 Å². The number of phenolic OH excluding ortho intramolecular Hbond substituents is 1. The van der Waals surface area contributed by atoms with Crippen LogP contribution in [0.25, 0.3) is 0 Å². The average Bonchev–Trinajstić information content (AvgIpc) is 3.22. The summed E-state index contributed by atoms with van der Waals surface area (Å²) in [6.07, 6.45) is 8.91. The van der Waals surface area contributed by atoms with Gasteiger partial charge in [-0.3, -0.25) is 9.59 Å². The van der Waals surface area contributed by atoms with Crippen LogP contribution in [-0.2, 0) is 25.6 Å². The predicted octanol–water partition coefficient (Wildman–Crippen LogP) is 5.19. The molecule has 0 aromatic heterocycles. The van der Waals surface area contributed by atoms with Crippen LogP contribution in [0.15, 0.2) is 64.8 Å². The molecule has 2 aromatic carbocycles. The minimum atomic E-state index is -0.841. The number of alkyl carbamates (subject to hydrolysis) is 1. The van der Waals surface area contributed by atoms with Crippen molar-refractivity contribution in [3.05, 3.63) is 65.7 Å². The zero-order chi connectivity index (χ0) is 27.6. The maximum atomic E-state index is 12.2. The van der Waals surface area contributed by atoms with Crippen molar-refractivity contribution in [3.63, 3.8) is 0 Å². The number of azo groups is 1. The van der Waals surface area contributed by atoms with Gasteiger partial charge in [0.1, 0.15) is 17.5 Å². The first-order valence-corrected chi connectivity index (χ1v) is 12.9. The molecule has 11 heteroatoms. The van der Waals surface area contributed by atoms with Gasteiger partial charge in [-0.15, -0.1) is 10.2 Å². The van der Waals surface area contributed by atoms with Crippen molar-refractivity contribution < 1.29 is 33.9 Å². The highest BCUT2D eigenvalue weighted by Crippen LogP contribution is 2.29. The highest BCUT2D eigenvalue weighted by molar-refractivity contribution is 6.02. The molecule has 2 N–H and O–H groups in total. The van der Waals surface area contributed by atoms with Gasteiger partial charge in [0.2, 0.25) is 0 Å². The van der Waals surface area contributed by atoms with Crippen molar-refractivity contribution >= 4 is 35.3 Å². The zero-order valence-electron chi connectivity index (χ0n) is 21.4. The Bertz CT molecular complexity index is 1260. The fourth-order valence-corrected chi connectivity index (χ4v) is 4.12. The van der Waals surface area contributed by atoms with Gasteiger partial charge < -0.3 is 20.0 Å². The standard InChI is InChI=1S/C28H30N4O7/c33-24-13-8-19(16-17-29-28(37)38-22-6-4-2-1-3-5-7-22)18-23(24)31-30-21-11-9-20(10-12-21)27(36)39-32-25(34)14-15-26(32)35/h1-2,8-13,18,22,33H,3-7,14-17H2,(H,29,37)/b2-1+,31-30+. The molecule has 3 amide bonds. The number of rotatable bonds is 8. The quantitative estimate of drug-likeness (QED) is 0.269. The van der Waals surface area contributed by atoms with Gasteiger partial charge in [0.15, 0.2) is 0 Å². The summed E-state index contributed by atoms with van der Waals surface area (Å²) in [6.45, 7) is 0.360. The Morgan fingerprint density at radius 2 is 1.72 bits per heavy atom. The molecule has 1 atom stereocenters. The van der Waals surface area contributed by atoms with Crippen LogP contribution in [0.5, 0.6) is 5.75 Å². The lowest BCUT2D eigenvalue weighted by Gasteiger charge is -2.18. The monoisotopic (exact) mass is 534 g/mol. The summed E-state index contributed by atoms with van der Waals surface area (Å²) >= 11 is 0. The molecule has 1 fully saturated rings. The Morgan fingerprint density at radius 3 is 2.49 bits per heavy atom. The summed E-state index contributed by atoms with van der Waals surface area (Å²) in [6, 6.07) is 10.8. The second-order valence-electron chi connectivity index (χ2n) is 9.21. The minimum absolute atomic E-state index is 0.0150. The van der Waals surface area contributed by atoms with Crippen LogP contribution in [0.3, 0.4) is 0 Å². The first-order valence-electron chi connectivity index (χ1n) is 12.9. The lowest BCUT2D eigenvalue weighted by molar-refractivity contribution is -0.172. The van der Waals surface area contributed by atoms with Gasteiger partial charge in [-0.2, -0.15) is 5.11 Å². The normalized spacial score (nSPS) is 18.5. The third kappa shape index (κ3) is 7.97. The maximum absolute atomic E-state index is 12.2. The number of hydrogen-bond acceptors (Lipinski definition) is 9. The third-order valence-corrected chi connectivity index (χ3v) is 6.27. The molecule has 1 heterocycles. The second-order valence-corrected chi connectivity index (χ2v) is 9.21. The number of nitrogens with zero attached hydrogens (tertiary/aromatic N) is 3. The lowest BCUT2D eigenvalue weighted by Crippen LogP contribution is -2.32. The van der Waals surface area contributed by atoms with Crippen molar-refractivity contribution in [2.45, 2.75) is 57.5 Å². The molecule has 1 unspecified atom stereocenters. The fraction of sp³-hybridized carbons (Fsp3) is 0.357. The Morgan fingerprint density at radius 1 is 0.974 bits per heavy atom. The molecular formula is C28H30N4O7. The SMILES string of the molecule is O=C(NCCc1ccc(O)c(/N=N/c2ccc(C(=O)ON3C(=O)CCC3=O)cc2)c1)OC1CC/C=C/CCC1. The summed E-state index contributed by atoms with van der Waals surface area (Å²) in [7, 11) is 0. The third-order valence-electron chi connectivity index (χ3n) is 6.27. The van der Waals surface area contributed by atoms with Gasteiger partial charge in [0.05, 0.1) is 11.3 Å². The first kappa shape index (κ1) is 27.5. The van der Waals surface area contributed by atoms with E-state index in [2.05, 4.69) is 27.7 Å². The van der Waals surface area contributed by atoms with E-state index in [9.17, 15) is 24.3 Å². The predicted molar refractivity (Wildman–Crippen MR) is 139 cm³/mol. The van der Waals surface area contributed by atoms with Gasteiger partial charge in [-0.1, -0.05) is 18.2 Å². The van der Waals surface area contributed by atoms with Crippen LogP contribution in [0.1, 0.15) is 60.9 Å². The molecule has 204 valence electrons. The second kappa shape index (κ2) is 13.3. The summed E-state index contributed by atoms with van der Waals surface area (Å²) < 4.78 is 5.54. The Kier molecular flexibility index (Phi) is 9.39. The van der Waals surface area contributed by atoms with Gasteiger partial charge in [-0.05, 0) is 80.5 Å². The van der Waals surface area contributed by atoms with Crippen molar-refractivity contribution in [3.8, 4) is 5.75 Å². The molecule has 1 aliphatic heterocycles. The molecule has 0 spiro atoms. The lowest BCUT2D eigenvalue weighted by atomic mass is 10.0. The number of ether oxygens (including phenoxy) is 1. The molecular weight excluding hydrogens is 504 g/mol. The average molecular weight is 535 g/mol. The molecule has 0 saturated carbocycles. The van der Waals surface area contributed by atoms with E-state index in [0.717, 1.165) is 37.7 Å². The minimum Gasteiger partial charge on any atom is -0.506 e. The Labute approximate surface area is 225 Å². The molecule has 0 bridgehead atoms. The molecule has 2 aromatic rings. The molecule has 0 radical (unpaired) electrons. The van der Waals surface area contributed by atoms with E-state index in [0.29, 0.717) is 23.7 Å². The van der Waals surface area contributed by atoms with E-state index in [1.807, 2.05) is 0 Å². The Hall–Kier alpha value is -4.54. The zero-order valence-corrected chi connectivity index (χ0v) is 21.4. The number of imide groups is 1. The van der Waals surface area contributed by atoms with E-state index in [4.69, 9.17) is 9.57 Å². The topological polar surface area (TPSA) is 147 Å². The molecule has 4 rings (SSSR count). The van der Waals surface area contributed by atoms with Crippen LogP contribution in [0, 0.1) is 0 Å². The summed E-state index contributed by atoms with van der Waals surface area (Å²) in [5.41, 5.74) is 1.61. The number of benzene rings is 2. The van der Waals surface area contributed by atoms with Gasteiger partial charge in [0, 0.05) is 19.4 Å². The molecule has 1 aliphatic carbocycles. The van der Waals surface area contributed by atoms with Crippen LogP contribution in [0.2, 0.25) is 0 Å². The van der Waals surface area contributed by atoms with Crippen LogP contribution >= 0.6 is 0 Å². The summed E-state index contributed by atoms with van der Waals surface area (Å²) in [5, 5.41) is 21.6. The first-order chi connectivity index (χ1) is 18.9. The van der Waals surface area contributed by atoms with Crippen LogP contribution in [0.4, 0.5) is 16.2 Å². The smallest absolute Gasteiger partial charge is 0.407 e. The molecule has 11 nitrogen and oxygen atoms in total. The molecule has 39 heavy (non-hydrogen) atoms. The maximum Gasteiger partial charge on any atom is 0.407 e. The van der Waals surface area contributed by atoms with Crippen molar-refractivity contribution in [2.75, 3.05) is 6.54 Å². The highest BCUT2D eigenvalue weighted by Gasteiger charge is 2.33. The van der Waals surface area contributed by atoms with E-state index >= 15 is 0 Å². The summed E-state index contributed by atoms with van der Waals surface area (Å²) in [5.74, 6) is -2.01. The van der Waals surface area contributed by atoms with Gasteiger partial charge in [0.25, 0.3) is 11.8 Å². The van der Waals surface area contributed by atoms with Crippen molar-refractivity contribution in [1.82, 2.24) is 10.4 Å². The van der Waals surface area contributed by atoms with Crippen LogP contribution < -0.4 is 5.32 Å². The molecule has 1 saturated heterocycles. The van der Waals surface area contributed by atoms with E-state index < -0.39 is 23.9 Å². The number of aromatic hydroxyl groups is 1. The number of carbonyl (C=O) groups excluding carboxylic acids is 4. The van der Waals surface area contributed by atoms with Gasteiger partial charge >= 0.3 is 12.1 Å². The fourth-order valence-electron chi connectivity index (χ4n) is 4.12. The Balaban J connectivity index is 1.27. The highest BCUT2D eigenvalue weighted by atomic mass is 16.7. The number of hydrogen-bond donors (Lipinski definition) is 2. The number of carbonyl (C=O) groups is 4. The van der Waals surface area contributed by atoms with E-state index in [1.165, 1.54) is 30.3 Å². The van der Waals surface area contributed by atoms with Crippen molar-refractivity contribution in [2.24, 2.45) is 10.2 Å². The summed E-state index contributed by atoms with van der Waals surface area (Å²) in [4.78, 5) is 52.5. The van der Waals surface area contributed by atoms with Crippen molar-refractivity contribution in [1.29, 1.82) is 0 Å². The molecule has 2 aliphatic rings.